The summed E-state index contributed by atoms with van der Waals surface area (Å²) >= 11 is 5.73. The second-order valence-corrected chi connectivity index (χ2v) is 6.56. The molecule has 7 heteroatoms. The lowest BCUT2D eigenvalue weighted by molar-refractivity contribution is -0.151. The highest BCUT2D eigenvalue weighted by atomic mass is 35.5. The Balaban J connectivity index is 2.11. The Bertz CT molecular complexity index is 527. The van der Waals surface area contributed by atoms with Gasteiger partial charge in [0.25, 0.3) is 0 Å². The average Bonchev–Trinajstić information content (AvgIpc) is 2.50. The van der Waals surface area contributed by atoms with Crippen LogP contribution in [0.5, 0.6) is 0 Å². The molecule has 1 aliphatic rings. The summed E-state index contributed by atoms with van der Waals surface area (Å²) in [6.45, 7) is 2.81. The van der Waals surface area contributed by atoms with Gasteiger partial charge in [-0.15, -0.1) is 0 Å². The lowest BCUT2D eigenvalue weighted by Gasteiger charge is -2.39. The van der Waals surface area contributed by atoms with Crippen molar-refractivity contribution in [3.63, 3.8) is 0 Å². The number of halogens is 5. The molecule has 0 aromatic heterocycles. The summed E-state index contributed by atoms with van der Waals surface area (Å²) < 4.78 is 51.6. The number of benzene rings is 1. The molecule has 1 aromatic rings. The minimum absolute atomic E-state index is 0.0523. The fraction of sp³-hybridized carbons (Fsp3) is 0.625. The highest BCUT2D eigenvalue weighted by Crippen LogP contribution is 2.36. The third-order valence-electron chi connectivity index (χ3n) is 4.55. The van der Waals surface area contributed by atoms with Gasteiger partial charge in [-0.3, -0.25) is 0 Å². The molecule has 2 nitrogen and oxygen atoms in total. The van der Waals surface area contributed by atoms with E-state index < -0.39 is 18.0 Å². The van der Waals surface area contributed by atoms with Gasteiger partial charge in [-0.25, -0.2) is 4.39 Å². The normalized spacial score (nSPS) is 23.7. The van der Waals surface area contributed by atoms with E-state index in [4.69, 9.17) is 11.6 Å². The molecule has 1 saturated heterocycles. The van der Waals surface area contributed by atoms with E-state index in [0.29, 0.717) is 13.0 Å². The highest BCUT2D eigenvalue weighted by molar-refractivity contribution is 6.30. The lowest BCUT2D eigenvalue weighted by Crippen LogP contribution is -2.47. The Morgan fingerprint density at radius 3 is 2.70 bits per heavy atom. The van der Waals surface area contributed by atoms with Crippen LogP contribution in [0, 0.1) is 5.82 Å². The van der Waals surface area contributed by atoms with Crippen LogP contribution >= 0.6 is 11.6 Å². The Hall–Kier alpha value is -0.850. The number of hydrogen-bond acceptors (Lipinski definition) is 2. The molecule has 0 unspecified atom stereocenters. The van der Waals surface area contributed by atoms with Crippen LogP contribution in [0.3, 0.4) is 0 Å². The van der Waals surface area contributed by atoms with Gasteiger partial charge in [-0.2, -0.15) is 13.2 Å². The Kier molecular flexibility index (Phi) is 5.92. The molecule has 1 fully saturated rings. The molecule has 2 N–H and O–H groups in total. The fourth-order valence-corrected chi connectivity index (χ4v) is 3.16. The van der Waals surface area contributed by atoms with Gasteiger partial charge in [0.15, 0.2) is 0 Å². The summed E-state index contributed by atoms with van der Waals surface area (Å²) in [4.78, 5) is 0. The predicted octanol–water partition coefficient (Wildman–Crippen LogP) is 4.03. The molecule has 0 amide bonds. The molecular weight excluding hydrogens is 332 g/mol. The number of nitrogens with one attached hydrogen (secondary N) is 2. The summed E-state index contributed by atoms with van der Waals surface area (Å²) in [5, 5.41) is 5.84. The summed E-state index contributed by atoms with van der Waals surface area (Å²) in [7, 11) is 0. The molecule has 1 heterocycles. The molecule has 0 aliphatic carbocycles. The van der Waals surface area contributed by atoms with Crippen molar-refractivity contribution in [1.82, 2.24) is 10.6 Å². The number of rotatable bonds is 5. The maximum Gasteiger partial charge on any atom is 0.403 e. The largest absolute Gasteiger partial charge is 0.403 e. The molecule has 1 aliphatic heterocycles. The molecule has 0 saturated carbocycles. The van der Waals surface area contributed by atoms with E-state index in [0.717, 1.165) is 31.9 Å². The Morgan fingerprint density at radius 1 is 1.39 bits per heavy atom. The maximum atomic E-state index is 13.8. The second-order valence-electron chi connectivity index (χ2n) is 6.16. The molecule has 0 radical (unpaired) electrons. The zero-order chi connectivity index (χ0) is 17.1. The first kappa shape index (κ1) is 18.5. The van der Waals surface area contributed by atoms with Crippen molar-refractivity contribution < 1.29 is 17.6 Å². The first-order valence-electron chi connectivity index (χ1n) is 7.71. The molecule has 2 atom stereocenters. The molecule has 0 spiro atoms. The number of hydrogen-bond donors (Lipinski definition) is 2. The van der Waals surface area contributed by atoms with Crippen molar-refractivity contribution in [2.24, 2.45) is 0 Å². The van der Waals surface area contributed by atoms with E-state index in [2.05, 4.69) is 10.6 Å². The first-order chi connectivity index (χ1) is 10.7. The molecule has 23 heavy (non-hydrogen) atoms. The Morgan fingerprint density at radius 2 is 2.13 bits per heavy atom. The minimum Gasteiger partial charge on any atom is -0.316 e. The monoisotopic (exact) mass is 352 g/mol. The van der Waals surface area contributed by atoms with Gasteiger partial charge in [-0.1, -0.05) is 17.7 Å². The van der Waals surface area contributed by atoms with Gasteiger partial charge in [0.2, 0.25) is 0 Å². The van der Waals surface area contributed by atoms with E-state index in [1.807, 2.05) is 0 Å². The van der Waals surface area contributed by atoms with Gasteiger partial charge < -0.3 is 10.6 Å². The molecule has 1 aromatic carbocycles. The van der Waals surface area contributed by atoms with Crippen molar-refractivity contribution in [2.75, 3.05) is 19.6 Å². The predicted molar refractivity (Wildman–Crippen MR) is 83.3 cm³/mol. The van der Waals surface area contributed by atoms with Gasteiger partial charge >= 0.3 is 6.18 Å². The van der Waals surface area contributed by atoms with E-state index in [9.17, 15) is 17.6 Å². The van der Waals surface area contributed by atoms with Crippen LogP contribution in [0.25, 0.3) is 0 Å². The molecule has 2 rings (SSSR count). The van der Waals surface area contributed by atoms with Crippen LogP contribution in [0.2, 0.25) is 5.02 Å². The van der Waals surface area contributed by atoms with Crippen LogP contribution in [-0.2, 0) is 5.41 Å². The summed E-state index contributed by atoms with van der Waals surface area (Å²) in [6.07, 6.45) is -2.05. The Labute approximate surface area is 138 Å². The third-order valence-corrected chi connectivity index (χ3v) is 4.86. The smallest absolute Gasteiger partial charge is 0.316 e. The van der Waals surface area contributed by atoms with Crippen LogP contribution in [0.4, 0.5) is 17.6 Å². The first-order valence-corrected chi connectivity index (χ1v) is 8.09. The van der Waals surface area contributed by atoms with E-state index in [1.165, 1.54) is 12.1 Å². The minimum atomic E-state index is -4.26. The molecule has 0 bridgehead atoms. The highest BCUT2D eigenvalue weighted by Gasteiger charge is 2.37. The third kappa shape index (κ3) is 4.58. The van der Waals surface area contributed by atoms with Crippen molar-refractivity contribution in [2.45, 2.75) is 43.8 Å². The SMILES string of the molecule is C[C@@H](NCC[C@@]1(c2ccc(Cl)c(F)c2)CCCNC1)C(F)(F)F. The van der Waals surface area contributed by atoms with Crippen molar-refractivity contribution in [3.05, 3.63) is 34.6 Å². The average molecular weight is 353 g/mol. The van der Waals surface area contributed by atoms with Crippen LogP contribution in [0.1, 0.15) is 31.7 Å². The topological polar surface area (TPSA) is 24.1 Å². The lowest BCUT2D eigenvalue weighted by atomic mass is 9.72. The zero-order valence-electron chi connectivity index (χ0n) is 12.9. The quantitative estimate of drug-likeness (QED) is 0.782. The van der Waals surface area contributed by atoms with Gasteiger partial charge in [0.1, 0.15) is 11.9 Å². The van der Waals surface area contributed by atoms with E-state index in [1.54, 1.807) is 6.07 Å². The van der Waals surface area contributed by atoms with Gasteiger partial charge in [-0.05, 0) is 57.0 Å². The van der Waals surface area contributed by atoms with Crippen LogP contribution in [-0.4, -0.2) is 31.9 Å². The van der Waals surface area contributed by atoms with E-state index in [-0.39, 0.29) is 17.0 Å². The maximum absolute atomic E-state index is 13.8. The molecule has 130 valence electrons. The van der Waals surface area contributed by atoms with Crippen molar-refractivity contribution in [3.8, 4) is 0 Å². The fourth-order valence-electron chi connectivity index (χ4n) is 3.04. The zero-order valence-corrected chi connectivity index (χ0v) is 13.7. The summed E-state index contributed by atoms with van der Waals surface area (Å²) in [6, 6.07) is 3.13. The van der Waals surface area contributed by atoms with E-state index >= 15 is 0 Å². The van der Waals surface area contributed by atoms with Crippen molar-refractivity contribution in [1.29, 1.82) is 0 Å². The van der Waals surface area contributed by atoms with Gasteiger partial charge in [0, 0.05) is 12.0 Å². The van der Waals surface area contributed by atoms with Crippen LogP contribution < -0.4 is 10.6 Å². The second kappa shape index (κ2) is 7.36. The van der Waals surface area contributed by atoms with Crippen LogP contribution in [0.15, 0.2) is 18.2 Å². The van der Waals surface area contributed by atoms with Crippen molar-refractivity contribution >= 4 is 11.6 Å². The standard InChI is InChI=1S/C16H21ClF4N2/c1-11(16(19,20)21)23-8-6-15(5-2-7-22-10-15)12-3-4-13(17)14(18)9-12/h3-4,9,11,22-23H,2,5-8,10H2,1H3/t11-,15+/m1/s1. The summed E-state index contributed by atoms with van der Waals surface area (Å²) in [5.74, 6) is -0.495. The molecular formula is C16H21ClF4N2. The number of alkyl halides is 3. The van der Waals surface area contributed by atoms with Gasteiger partial charge in [0.05, 0.1) is 5.02 Å². The summed E-state index contributed by atoms with van der Waals surface area (Å²) in [5.41, 5.74) is 0.412. The number of piperidine rings is 1.